The molecule has 3 aromatic rings. The molecule has 4 heteroatoms. The van der Waals surface area contributed by atoms with E-state index in [1.54, 1.807) is 18.2 Å². The second-order valence-electron chi connectivity index (χ2n) is 6.26. The molecule has 0 aliphatic heterocycles. The zero-order valence-corrected chi connectivity index (χ0v) is 14.2. The monoisotopic (exact) mass is 343 g/mol. The molecular weight excluding hydrogens is 324 g/mol. The number of carbonyl (C=O) groups is 1. The number of nitrogens with two attached hydrogens (primary N) is 1. The van der Waals surface area contributed by atoms with Crippen molar-refractivity contribution in [3.63, 3.8) is 0 Å². The van der Waals surface area contributed by atoms with E-state index in [9.17, 15) is 4.79 Å². The highest BCUT2D eigenvalue weighted by Gasteiger charge is 2.28. The van der Waals surface area contributed by atoms with E-state index in [1.807, 2.05) is 24.3 Å². The quantitative estimate of drug-likeness (QED) is 0.742. The maximum Gasteiger partial charge on any atom is 0.411 e. The Morgan fingerprint density at radius 3 is 2.35 bits per heavy atom. The van der Waals surface area contributed by atoms with Gasteiger partial charge in [-0.1, -0.05) is 54.6 Å². The Morgan fingerprint density at radius 2 is 1.69 bits per heavy atom. The van der Waals surface area contributed by atoms with E-state index in [0.29, 0.717) is 18.8 Å². The van der Waals surface area contributed by atoms with E-state index in [2.05, 4.69) is 35.6 Å². The lowest BCUT2D eigenvalue weighted by Gasteiger charge is -2.14. The van der Waals surface area contributed by atoms with Gasteiger partial charge >= 0.3 is 6.09 Å². The summed E-state index contributed by atoms with van der Waals surface area (Å²) in [6.45, 7) is 0.669. The fraction of sp³-hybridized carbons (Fsp3) is 0.136. The molecule has 0 aromatic heterocycles. The number of hydrogen-bond acceptors (Lipinski definition) is 3. The maximum absolute atomic E-state index is 12.2. The van der Waals surface area contributed by atoms with Gasteiger partial charge in [-0.3, -0.25) is 5.32 Å². The highest BCUT2D eigenvalue weighted by Crippen LogP contribution is 2.44. The third-order valence-corrected chi connectivity index (χ3v) is 4.67. The first kappa shape index (κ1) is 16.4. The van der Waals surface area contributed by atoms with Crippen molar-refractivity contribution < 1.29 is 9.53 Å². The Balaban J connectivity index is 1.48. The van der Waals surface area contributed by atoms with Crippen LogP contribution in [0.3, 0.4) is 0 Å². The van der Waals surface area contributed by atoms with E-state index in [0.717, 1.165) is 5.56 Å². The molecule has 0 atom stereocenters. The van der Waals surface area contributed by atoms with Gasteiger partial charge in [0, 0.05) is 18.2 Å². The van der Waals surface area contributed by atoms with Gasteiger partial charge in [-0.15, -0.1) is 0 Å². The second kappa shape index (κ2) is 7.02. The van der Waals surface area contributed by atoms with Gasteiger partial charge < -0.3 is 10.5 Å². The zero-order chi connectivity index (χ0) is 17.9. The number of carbonyl (C=O) groups excluding carboxylic acids is 1. The van der Waals surface area contributed by atoms with Crippen molar-refractivity contribution >= 4 is 11.8 Å². The fourth-order valence-corrected chi connectivity index (χ4v) is 3.46. The molecule has 1 radical (unpaired) electrons. The summed E-state index contributed by atoms with van der Waals surface area (Å²) in [6, 6.07) is 24.8. The van der Waals surface area contributed by atoms with Gasteiger partial charge in [0.2, 0.25) is 0 Å². The van der Waals surface area contributed by atoms with Crippen LogP contribution in [-0.4, -0.2) is 12.7 Å². The maximum atomic E-state index is 12.2. The Bertz CT molecular complexity index is 907. The number of nitrogens with one attached hydrogen (secondary N) is 1. The molecule has 129 valence electrons. The van der Waals surface area contributed by atoms with Crippen molar-refractivity contribution in [2.75, 3.05) is 11.9 Å². The normalized spacial score (nSPS) is 12.3. The fourth-order valence-electron chi connectivity index (χ4n) is 3.46. The van der Waals surface area contributed by atoms with Gasteiger partial charge in [0.05, 0.1) is 0 Å². The van der Waals surface area contributed by atoms with Crippen LogP contribution in [-0.2, 0) is 11.3 Å². The van der Waals surface area contributed by atoms with Crippen LogP contribution in [0.2, 0.25) is 0 Å². The van der Waals surface area contributed by atoms with E-state index in [-0.39, 0.29) is 5.92 Å². The lowest BCUT2D eigenvalue weighted by atomic mass is 9.98. The van der Waals surface area contributed by atoms with Crippen LogP contribution in [0.4, 0.5) is 10.5 Å². The van der Waals surface area contributed by atoms with Gasteiger partial charge in [-0.05, 0) is 46.0 Å². The van der Waals surface area contributed by atoms with Crippen LogP contribution in [0, 0.1) is 6.07 Å². The molecule has 3 aromatic carbocycles. The molecule has 1 aliphatic carbocycles. The molecule has 1 aliphatic rings. The van der Waals surface area contributed by atoms with Crippen LogP contribution < -0.4 is 11.1 Å². The molecule has 0 saturated carbocycles. The van der Waals surface area contributed by atoms with Gasteiger partial charge in [-0.2, -0.15) is 0 Å². The highest BCUT2D eigenvalue weighted by molar-refractivity contribution is 5.85. The number of benzene rings is 3. The average Bonchev–Trinajstić information content (AvgIpc) is 3.00. The van der Waals surface area contributed by atoms with Gasteiger partial charge in [0.15, 0.2) is 0 Å². The van der Waals surface area contributed by atoms with Gasteiger partial charge in [0.1, 0.15) is 6.61 Å². The van der Waals surface area contributed by atoms with Crippen LogP contribution in [0.25, 0.3) is 11.1 Å². The molecule has 26 heavy (non-hydrogen) atoms. The minimum Gasteiger partial charge on any atom is -0.448 e. The van der Waals surface area contributed by atoms with Crippen molar-refractivity contribution in [3.8, 4) is 11.1 Å². The summed E-state index contributed by atoms with van der Waals surface area (Å²) in [5.41, 5.74) is 11.9. The first-order valence-electron chi connectivity index (χ1n) is 8.59. The number of hydrogen-bond donors (Lipinski definition) is 2. The minimum absolute atomic E-state index is 0.0526. The summed E-state index contributed by atoms with van der Waals surface area (Å²) < 4.78 is 5.53. The molecule has 0 fully saturated rings. The molecule has 1 amide bonds. The van der Waals surface area contributed by atoms with Crippen LogP contribution >= 0.6 is 0 Å². The SMILES string of the molecule is NCc1[c]ccc(NC(=O)OCC2c3ccccc3-c3ccccc32)c1. The third-order valence-electron chi connectivity index (χ3n) is 4.67. The van der Waals surface area contributed by atoms with E-state index in [1.165, 1.54) is 22.3 Å². The summed E-state index contributed by atoms with van der Waals surface area (Å²) in [5, 5.41) is 2.75. The summed E-state index contributed by atoms with van der Waals surface area (Å²) in [5.74, 6) is 0.0526. The molecule has 0 heterocycles. The Kier molecular flexibility index (Phi) is 4.42. The average molecular weight is 343 g/mol. The van der Waals surface area contributed by atoms with Crippen molar-refractivity contribution in [3.05, 3.63) is 89.5 Å². The van der Waals surface area contributed by atoms with E-state index in [4.69, 9.17) is 10.5 Å². The summed E-state index contributed by atoms with van der Waals surface area (Å²) in [7, 11) is 0. The molecule has 4 rings (SSSR count). The van der Waals surface area contributed by atoms with E-state index >= 15 is 0 Å². The van der Waals surface area contributed by atoms with E-state index < -0.39 is 6.09 Å². The number of anilines is 1. The first-order chi connectivity index (χ1) is 12.8. The van der Waals surface area contributed by atoms with Gasteiger partial charge in [-0.25, -0.2) is 4.79 Å². The Hall–Kier alpha value is -3.11. The lowest BCUT2D eigenvalue weighted by molar-refractivity contribution is 0.158. The molecule has 3 N–H and O–H groups in total. The molecular formula is C22H19N2O2. The number of rotatable bonds is 4. The highest BCUT2D eigenvalue weighted by atomic mass is 16.5. The first-order valence-corrected chi connectivity index (χ1v) is 8.59. The zero-order valence-electron chi connectivity index (χ0n) is 14.2. The predicted molar refractivity (Wildman–Crippen MR) is 102 cm³/mol. The molecule has 0 spiro atoms. The second-order valence-corrected chi connectivity index (χ2v) is 6.26. The largest absolute Gasteiger partial charge is 0.448 e. The van der Waals surface area contributed by atoms with Crippen LogP contribution in [0.15, 0.2) is 66.7 Å². The van der Waals surface area contributed by atoms with Crippen molar-refractivity contribution in [2.24, 2.45) is 5.73 Å². The number of amides is 1. The smallest absolute Gasteiger partial charge is 0.411 e. The van der Waals surface area contributed by atoms with Crippen LogP contribution in [0.1, 0.15) is 22.6 Å². The lowest BCUT2D eigenvalue weighted by Crippen LogP contribution is -2.18. The molecule has 0 unspecified atom stereocenters. The third kappa shape index (κ3) is 3.07. The van der Waals surface area contributed by atoms with Crippen molar-refractivity contribution in [2.45, 2.75) is 12.5 Å². The van der Waals surface area contributed by atoms with Crippen molar-refractivity contribution in [1.29, 1.82) is 0 Å². The summed E-state index contributed by atoms with van der Waals surface area (Å²) in [4.78, 5) is 12.2. The molecule has 4 nitrogen and oxygen atoms in total. The topological polar surface area (TPSA) is 64.3 Å². The number of fused-ring (bicyclic) bond motifs is 3. The summed E-state index contributed by atoms with van der Waals surface area (Å²) in [6.07, 6.45) is -0.471. The number of ether oxygens (including phenoxy) is 1. The van der Waals surface area contributed by atoms with Crippen molar-refractivity contribution in [1.82, 2.24) is 0 Å². The molecule has 0 saturated heterocycles. The standard InChI is InChI=1S/C22H19N2O2/c23-13-15-6-5-7-16(12-15)24-22(25)26-14-21-19-10-3-1-8-17(19)18-9-2-4-11-20(18)21/h1-5,7-12,21H,13-14,23H2,(H,24,25). The molecule has 0 bridgehead atoms. The Labute approximate surface area is 152 Å². The van der Waals surface area contributed by atoms with Crippen LogP contribution in [0.5, 0.6) is 0 Å². The predicted octanol–water partition coefficient (Wildman–Crippen LogP) is 4.31. The Morgan fingerprint density at radius 1 is 1.04 bits per heavy atom. The summed E-state index contributed by atoms with van der Waals surface area (Å²) >= 11 is 0. The minimum atomic E-state index is -0.471. The van der Waals surface area contributed by atoms with Gasteiger partial charge in [0.25, 0.3) is 0 Å².